The predicted molar refractivity (Wildman–Crippen MR) is 99.5 cm³/mol. The second kappa shape index (κ2) is 6.68. The number of pyridine rings is 1. The van der Waals surface area contributed by atoms with Crippen LogP contribution in [0, 0.1) is 12.8 Å². The highest BCUT2D eigenvalue weighted by molar-refractivity contribution is 7.13. The maximum absolute atomic E-state index is 12.9. The number of carbonyl (C=O) groups excluding carboxylic acids is 1. The Morgan fingerprint density at radius 1 is 1.36 bits per heavy atom. The number of rotatable bonds is 4. The molecule has 0 saturated heterocycles. The summed E-state index contributed by atoms with van der Waals surface area (Å²) in [7, 11) is 0. The lowest BCUT2D eigenvalue weighted by Crippen LogP contribution is -2.28. The third kappa shape index (κ3) is 3.28. The standard InChI is InChI=1S/C18H19N3O3S/c1-10(2)9-21-13-7-5-4-6-12(13)15(22)14(18(21)24)20-16(23)17-19-8-11(3)25-17/h4-8,10,22H,9H2,1-3H3,(H,20,23). The molecule has 0 bridgehead atoms. The first-order valence-corrected chi connectivity index (χ1v) is 8.78. The fraction of sp³-hybridized carbons (Fsp3) is 0.278. The molecule has 2 N–H and O–H groups in total. The van der Waals surface area contributed by atoms with E-state index in [0.29, 0.717) is 17.4 Å². The van der Waals surface area contributed by atoms with E-state index in [1.165, 1.54) is 11.3 Å². The van der Waals surface area contributed by atoms with Crippen LogP contribution in [-0.4, -0.2) is 20.6 Å². The van der Waals surface area contributed by atoms with Crippen LogP contribution >= 0.6 is 11.3 Å². The minimum Gasteiger partial charge on any atom is -0.505 e. The van der Waals surface area contributed by atoms with Crippen LogP contribution in [-0.2, 0) is 6.54 Å². The number of nitrogens with one attached hydrogen (secondary N) is 1. The highest BCUT2D eigenvalue weighted by Gasteiger charge is 2.20. The number of hydrogen-bond acceptors (Lipinski definition) is 5. The first kappa shape index (κ1) is 17.2. The van der Waals surface area contributed by atoms with E-state index in [-0.39, 0.29) is 22.4 Å². The first-order valence-electron chi connectivity index (χ1n) is 7.96. The summed E-state index contributed by atoms with van der Waals surface area (Å²) in [5.74, 6) is -0.491. The van der Waals surface area contributed by atoms with Crippen molar-refractivity contribution < 1.29 is 9.90 Å². The molecule has 6 nitrogen and oxygen atoms in total. The number of para-hydroxylation sites is 1. The first-order chi connectivity index (χ1) is 11.9. The van der Waals surface area contributed by atoms with E-state index in [2.05, 4.69) is 10.3 Å². The Morgan fingerprint density at radius 2 is 2.08 bits per heavy atom. The molecule has 0 spiro atoms. The van der Waals surface area contributed by atoms with E-state index in [9.17, 15) is 14.7 Å². The van der Waals surface area contributed by atoms with Gasteiger partial charge in [0.05, 0.1) is 5.52 Å². The second-order valence-corrected chi connectivity index (χ2v) is 7.52. The molecule has 2 heterocycles. The summed E-state index contributed by atoms with van der Waals surface area (Å²) in [6, 6.07) is 7.11. The van der Waals surface area contributed by atoms with Crippen LogP contribution in [0.1, 0.15) is 28.5 Å². The molecule has 7 heteroatoms. The van der Waals surface area contributed by atoms with Gasteiger partial charge in [0.2, 0.25) is 0 Å². The van der Waals surface area contributed by atoms with Gasteiger partial charge < -0.3 is 15.0 Å². The van der Waals surface area contributed by atoms with Crippen molar-refractivity contribution in [3.63, 3.8) is 0 Å². The van der Waals surface area contributed by atoms with E-state index in [4.69, 9.17) is 0 Å². The monoisotopic (exact) mass is 357 g/mol. The smallest absolute Gasteiger partial charge is 0.284 e. The average Bonchev–Trinajstić information content (AvgIpc) is 3.01. The van der Waals surface area contributed by atoms with Gasteiger partial charge in [0.25, 0.3) is 11.5 Å². The summed E-state index contributed by atoms with van der Waals surface area (Å²) in [5, 5.41) is 13.9. The van der Waals surface area contributed by atoms with Gasteiger partial charge in [-0.3, -0.25) is 9.59 Å². The number of hydrogen-bond donors (Lipinski definition) is 2. The number of nitrogens with zero attached hydrogens (tertiary/aromatic N) is 2. The number of aromatic hydroxyl groups is 1. The predicted octanol–water partition coefficient (Wildman–Crippen LogP) is 3.38. The normalized spacial score (nSPS) is 11.2. The second-order valence-electron chi connectivity index (χ2n) is 6.28. The van der Waals surface area contributed by atoms with Crippen molar-refractivity contribution in [1.29, 1.82) is 0 Å². The summed E-state index contributed by atoms with van der Waals surface area (Å²) < 4.78 is 1.59. The van der Waals surface area contributed by atoms with Crippen LogP contribution in [0.2, 0.25) is 0 Å². The van der Waals surface area contributed by atoms with Crippen LogP contribution < -0.4 is 10.9 Å². The third-order valence-corrected chi connectivity index (χ3v) is 4.66. The zero-order valence-electron chi connectivity index (χ0n) is 14.2. The Hall–Kier alpha value is -2.67. The van der Waals surface area contributed by atoms with Crippen molar-refractivity contribution in [2.75, 3.05) is 5.32 Å². The molecule has 0 aliphatic heterocycles. The Bertz CT molecular complexity index is 1000. The Kier molecular flexibility index (Phi) is 4.59. The Labute approximate surface area is 148 Å². The van der Waals surface area contributed by atoms with Gasteiger partial charge in [-0.2, -0.15) is 0 Å². The molecule has 0 aliphatic carbocycles. The van der Waals surface area contributed by atoms with Crippen molar-refractivity contribution in [3.8, 4) is 5.75 Å². The zero-order valence-corrected chi connectivity index (χ0v) is 15.1. The Morgan fingerprint density at radius 3 is 2.72 bits per heavy atom. The minimum atomic E-state index is -0.503. The number of thiazole rings is 1. The van der Waals surface area contributed by atoms with Crippen molar-refractivity contribution in [2.24, 2.45) is 5.92 Å². The summed E-state index contributed by atoms with van der Waals surface area (Å²) in [5.41, 5.74) is 0.102. The molecule has 0 aliphatic rings. The summed E-state index contributed by atoms with van der Waals surface area (Å²) >= 11 is 1.23. The van der Waals surface area contributed by atoms with Crippen molar-refractivity contribution >= 4 is 33.8 Å². The Balaban J connectivity index is 2.14. The number of amides is 1. The van der Waals surface area contributed by atoms with E-state index in [1.807, 2.05) is 26.8 Å². The van der Waals surface area contributed by atoms with E-state index in [0.717, 1.165) is 4.88 Å². The van der Waals surface area contributed by atoms with Crippen molar-refractivity contribution in [2.45, 2.75) is 27.3 Å². The SMILES string of the molecule is Cc1cnc(C(=O)Nc2c(O)c3ccccc3n(CC(C)C)c2=O)s1. The number of aryl methyl sites for hydroxylation is 1. The largest absolute Gasteiger partial charge is 0.505 e. The van der Waals surface area contributed by atoms with Crippen LogP contribution in [0.5, 0.6) is 5.75 Å². The molecule has 3 aromatic rings. The lowest BCUT2D eigenvalue weighted by molar-refractivity contribution is 0.102. The molecule has 0 radical (unpaired) electrons. The molecule has 1 aromatic carbocycles. The molecule has 0 saturated carbocycles. The van der Waals surface area contributed by atoms with Gasteiger partial charge in [-0.05, 0) is 25.0 Å². The van der Waals surface area contributed by atoms with Crippen molar-refractivity contribution in [1.82, 2.24) is 9.55 Å². The minimum absolute atomic E-state index is 0.114. The highest BCUT2D eigenvalue weighted by Crippen LogP contribution is 2.30. The van der Waals surface area contributed by atoms with Gasteiger partial charge >= 0.3 is 0 Å². The van der Waals surface area contributed by atoms with Crippen LogP contribution in [0.3, 0.4) is 0 Å². The van der Waals surface area contributed by atoms with Gasteiger partial charge in [0.1, 0.15) is 0 Å². The van der Waals surface area contributed by atoms with Crippen LogP contribution in [0.4, 0.5) is 5.69 Å². The number of aromatic nitrogens is 2. The van der Waals surface area contributed by atoms with Crippen molar-refractivity contribution in [3.05, 3.63) is 50.7 Å². The van der Waals surface area contributed by atoms with Gasteiger partial charge in [-0.1, -0.05) is 26.0 Å². The molecule has 2 aromatic heterocycles. The molecule has 0 fully saturated rings. The summed E-state index contributed by atoms with van der Waals surface area (Å²) in [6.45, 7) is 6.34. The van der Waals surface area contributed by atoms with E-state index in [1.54, 1.807) is 29.0 Å². The molecule has 0 unspecified atom stereocenters. The van der Waals surface area contributed by atoms with Gasteiger partial charge in [-0.25, -0.2) is 4.98 Å². The fourth-order valence-electron chi connectivity index (χ4n) is 2.68. The molecule has 0 atom stereocenters. The highest BCUT2D eigenvalue weighted by atomic mass is 32.1. The number of carbonyl (C=O) groups is 1. The quantitative estimate of drug-likeness (QED) is 0.750. The van der Waals surface area contributed by atoms with Gasteiger partial charge in [-0.15, -0.1) is 11.3 Å². The molecular formula is C18H19N3O3S. The zero-order chi connectivity index (χ0) is 18.1. The summed E-state index contributed by atoms with van der Waals surface area (Å²) in [4.78, 5) is 30.2. The lowest BCUT2D eigenvalue weighted by atomic mass is 10.1. The number of fused-ring (bicyclic) bond motifs is 1. The molecule has 25 heavy (non-hydrogen) atoms. The average molecular weight is 357 g/mol. The summed E-state index contributed by atoms with van der Waals surface area (Å²) in [6.07, 6.45) is 1.59. The molecule has 1 amide bonds. The van der Waals surface area contributed by atoms with Gasteiger partial charge in [0.15, 0.2) is 16.4 Å². The molecular weight excluding hydrogens is 338 g/mol. The third-order valence-electron chi connectivity index (χ3n) is 3.75. The number of benzene rings is 1. The topological polar surface area (TPSA) is 84.2 Å². The number of anilines is 1. The maximum Gasteiger partial charge on any atom is 0.284 e. The maximum atomic E-state index is 12.9. The van der Waals surface area contributed by atoms with Crippen LogP contribution in [0.15, 0.2) is 35.3 Å². The van der Waals surface area contributed by atoms with Crippen LogP contribution in [0.25, 0.3) is 10.9 Å². The van der Waals surface area contributed by atoms with Gasteiger partial charge in [0, 0.05) is 23.0 Å². The molecule has 130 valence electrons. The fourth-order valence-corrected chi connectivity index (χ4v) is 3.33. The van der Waals surface area contributed by atoms with E-state index >= 15 is 0 Å². The van der Waals surface area contributed by atoms with E-state index < -0.39 is 11.5 Å². The lowest BCUT2D eigenvalue weighted by Gasteiger charge is -2.16. The molecule has 3 rings (SSSR count).